The molecular weight excluding hydrogens is 240 g/mol. The summed E-state index contributed by atoms with van der Waals surface area (Å²) in [5.74, 6) is 1.56. The second-order valence-electron chi connectivity index (χ2n) is 3.40. The van der Waals surface area contributed by atoms with E-state index in [1.165, 1.54) is 12.7 Å². The summed E-state index contributed by atoms with van der Waals surface area (Å²) < 4.78 is 5.63. The summed E-state index contributed by atoms with van der Waals surface area (Å²) in [5.41, 5.74) is 0. The van der Waals surface area contributed by atoms with E-state index >= 15 is 0 Å². The Balaban J connectivity index is 1.89. The first kappa shape index (κ1) is 10.2. The lowest BCUT2D eigenvalue weighted by atomic mass is 10.2. The third-order valence-electron chi connectivity index (χ3n) is 2.31. The van der Waals surface area contributed by atoms with E-state index in [1.807, 2.05) is 12.1 Å². The highest BCUT2D eigenvalue weighted by Crippen LogP contribution is 2.24. The Hall–Kier alpha value is -2.01. The van der Waals surface area contributed by atoms with E-state index in [9.17, 15) is 0 Å². The molecule has 2 aliphatic heterocycles. The summed E-state index contributed by atoms with van der Waals surface area (Å²) >= 11 is 6.00. The number of hydrogen-bond acceptors (Lipinski definition) is 5. The molecule has 84 valence electrons. The average molecular weight is 247 g/mol. The number of benzene rings is 1. The van der Waals surface area contributed by atoms with Gasteiger partial charge >= 0.3 is 0 Å². The highest BCUT2D eigenvalue weighted by Gasteiger charge is 2.28. The molecule has 3 rings (SSSR count). The summed E-state index contributed by atoms with van der Waals surface area (Å²) in [5, 5.41) is 0.526. The Kier molecular flexibility index (Phi) is 2.45. The van der Waals surface area contributed by atoms with Crippen LogP contribution in [0.5, 0.6) is 5.75 Å². The first-order valence-corrected chi connectivity index (χ1v) is 5.34. The third kappa shape index (κ3) is 1.85. The van der Waals surface area contributed by atoms with Crippen LogP contribution in [0.1, 0.15) is 0 Å². The number of aliphatic imine (C=N–C) groups is 4. The number of para-hydroxylation sites is 1. The number of nitrogens with zero attached hydrogens (tertiary/aromatic N) is 4. The van der Waals surface area contributed by atoms with Gasteiger partial charge in [-0.1, -0.05) is 23.7 Å². The SMILES string of the molecule is Clc1ccccc1OC1=NC=NC2=NC=NC21. The van der Waals surface area contributed by atoms with Crippen LogP contribution in [0.2, 0.25) is 5.02 Å². The quantitative estimate of drug-likeness (QED) is 0.747. The van der Waals surface area contributed by atoms with Crippen molar-refractivity contribution in [2.75, 3.05) is 0 Å². The molecule has 2 aliphatic rings. The molecule has 1 aromatic rings. The lowest BCUT2D eigenvalue weighted by molar-refractivity contribution is 0.534. The molecular formula is C11H7ClN4O. The van der Waals surface area contributed by atoms with Gasteiger partial charge in [-0.05, 0) is 12.1 Å². The Morgan fingerprint density at radius 3 is 2.88 bits per heavy atom. The molecule has 0 bridgehead atoms. The molecule has 6 heteroatoms. The molecule has 0 saturated heterocycles. The highest BCUT2D eigenvalue weighted by molar-refractivity contribution is 6.32. The zero-order valence-electron chi connectivity index (χ0n) is 8.62. The maximum atomic E-state index is 6.00. The normalized spacial score (nSPS) is 20.9. The topological polar surface area (TPSA) is 58.7 Å². The monoisotopic (exact) mass is 246 g/mol. The van der Waals surface area contributed by atoms with Gasteiger partial charge in [0.05, 0.1) is 5.02 Å². The van der Waals surface area contributed by atoms with Gasteiger partial charge in [0.25, 0.3) is 0 Å². The first-order valence-electron chi connectivity index (χ1n) is 4.96. The number of rotatable bonds is 1. The van der Waals surface area contributed by atoms with Crippen LogP contribution in [0, 0.1) is 0 Å². The van der Waals surface area contributed by atoms with Crippen molar-refractivity contribution < 1.29 is 4.74 Å². The number of fused-ring (bicyclic) bond motifs is 1. The van der Waals surface area contributed by atoms with Crippen molar-refractivity contribution in [3.05, 3.63) is 29.3 Å². The Labute approximate surface area is 102 Å². The van der Waals surface area contributed by atoms with Gasteiger partial charge < -0.3 is 4.74 Å². The van der Waals surface area contributed by atoms with Gasteiger partial charge in [0.15, 0.2) is 11.9 Å². The van der Waals surface area contributed by atoms with Crippen molar-refractivity contribution in [1.29, 1.82) is 0 Å². The molecule has 5 nitrogen and oxygen atoms in total. The second kappa shape index (κ2) is 4.10. The minimum atomic E-state index is -0.351. The predicted octanol–water partition coefficient (Wildman–Crippen LogP) is 1.97. The lowest BCUT2D eigenvalue weighted by Crippen LogP contribution is -2.32. The van der Waals surface area contributed by atoms with E-state index < -0.39 is 0 Å². The van der Waals surface area contributed by atoms with E-state index in [0.717, 1.165) is 0 Å². The van der Waals surface area contributed by atoms with Gasteiger partial charge in [0, 0.05) is 0 Å². The third-order valence-corrected chi connectivity index (χ3v) is 2.62. The van der Waals surface area contributed by atoms with Crippen molar-refractivity contribution in [2.45, 2.75) is 6.04 Å². The smallest absolute Gasteiger partial charge is 0.229 e. The maximum absolute atomic E-state index is 6.00. The zero-order valence-corrected chi connectivity index (χ0v) is 9.37. The minimum absolute atomic E-state index is 0.351. The van der Waals surface area contributed by atoms with E-state index in [2.05, 4.69) is 20.0 Å². The molecule has 17 heavy (non-hydrogen) atoms. The van der Waals surface area contributed by atoms with Crippen LogP contribution >= 0.6 is 11.6 Å². The first-order chi connectivity index (χ1) is 8.34. The number of halogens is 1. The summed E-state index contributed by atoms with van der Waals surface area (Å²) in [6.07, 6.45) is 2.85. The van der Waals surface area contributed by atoms with E-state index in [1.54, 1.807) is 12.1 Å². The van der Waals surface area contributed by atoms with Crippen molar-refractivity contribution in [3.8, 4) is 5.75 Å². The summed E-state index contributed by atoms with van der Waals surface area (Å²) in [7, 11) is 0. The van der Waals surface area contributed by atoms with Crippen LogP contribution in [0.15, 0.2) is 44.2 Å². The molecule has 0 spiro atoms. The van der Waals surface area contributed by atoms with E-state index in [0.29, 0.717) is 22.5 Å². The molecule has 0 aliphatic carbocycles. The van der Waals surface area contributed by atoms with E-state index in [-0.39, 0.29) is 6.04 Å². The van der Waals surface area contributed by atoms with Crippen molar-refractivity contribution in [2.24, 2.45) is 20.0 Å². The van der Waals surface area contributed by atoms with Crippen LogP contribution in [0.4, 0.5) is 0 Å². The van der Waals surface area contributed by atoms with Crippen molar-refractivity contribution in [3.63, 3.8) is 0 Å². The molecule has 0 fully saturated rings. The molecule has 1 aromatic carbocycles. The second-order valence-corrected chi connectivity index (χ2v) is 3.81. The number of amidine groups is 1. The maximum Gasteiger partial charge on any atom is 0.229 e. The van der Waals surface area contributed by atoms with Gasteiger partial charge in [-0.3, -0.25) is 4.99 Å². The zero-order chi connectivity index (χ0) is 11.7. The standard InChI is InChI=1S/C11H7ClN4O/c12-7-3-1-2-4-8(7)17-11-9-10(14-5-13-9)15-6-16-11/h1-6,9H. The largest absolute Gasteiger partial charge is 0.438 e. The van der Waals surface area contributed by atoms with Gasteiger partial charge in [-0.25, -0.2) is 15.0 Å². The van der Waals surface area contributed by atoms with Crippen LogP contribution in [0.3, 0.4) is 0 Å². The van der Waals surface area contributed by atoms with Crippen LogP contribution in [0.25, 0.3) is 0 Å². The summed E-state index contributed by atoms with van der Waals surface area (Å²) in [6.45, 7) is 0. The van der Waals surface area contributed by atoms with Gasteiger partial charge in [-0.2, -0.15) is 0 Å². The molecule has 0 saturated carbocycles. The van der Waals surface area contributed by atoms with Gasteiger partial charge in [0.1, 0.15) is 18.4 Å². The molecule has 2 heterocycles. The predicted molar refractivity (Wildman–Crippen MR) is 67.7 cm³/mol. The highest BCUT2D eigenvalue weighted by atomic mass is 35.5. The molecule has 0 N–H and O–H groups in total. The van der Waals surface area contributed by atoms with E-state index in [4.69, 9.17) is 16.3 Å². The van der Waals surface area contributed by atoms with Crippen LogP contribution in [-0.4, -0.2) is 30.5 Å². The fourth-order valence-corrected chi connectivity index (χ4v) is 1.69. The van der Waals surface area contributed by atoms with Crippen molar-refractivity contribution >= 4 is 36.0 Å². The molecule has 0 aromatic heterocycles. The fraction of sp³-hybridized carbons (Fsp3) is 0.0909. The molecule has 0 amide bonds. The lowest BCUT2D eigenvalue weighted by Gasteiger charge is -2.15. The summed E-state index contributed by atoms with van der Waals surface area (Å²) in [6, 6.07) is 6.84. The van der Waals surface area contributed by atoms with Crippen LogP contribution < -0.4 is 4.74 Å². The summed E-state index contributed by atoms with van der Waals surface area (Å²) in [4.78, 5) is 16.2. The van der Waals surface area contributed by atoms with Gasteiger partial charge in [0.2, 0.25) is 5.90 Å². The van der Waals surface area contributed by atoms with Crippen LogP contribution in [-0.2, 0) is 0 Å². The molecule has 0 radical (unpaired) electrons. The fourth-order valence-electron chi connectivity index (χ4n) is 1.51. The van der Waals surface area contributed by atoms with Gasteiger partial charge in [-0.15, -0.1) is 0 Å². The number of hydrogen-bond donors (Lipinski definition) is 0. The molecule has 1 unspecified atom stereocenters. The van der Waals surface area contributed by atoms with Crippen molar-refractivity contribution in [1.82, 2.24) is 0 Å². The minimum Gasteiger partial charge on any atom is -0.438 e. The Morgan fingerprint density at radius 1 is 1.12 bits per heavy atom. The Bertz CT molecular complexity index is 577. The Morgan fingerprint density at radius 2 is 2.00 bits per heavy atom. The number of ether oxygens (including phenoxy) is 1. The molecule has 1 atom stereocenters. The average Bonchev–Trinajstić information content (AvgIpc) is 2.81.